The quantitative estimate of drug-likeness (QED) is 0.228. The molecule has 5 N–H and O–H groups in total. The van der Waals surface area contributed by atoms with E-state index in [2.05, 4.69) is 73.0 Å². The van der Waals surface area contributed by atoms with Crippen LogP contribution in [0, 0.1) is 0 Å². The number of benzene rings is 1. The van der Waals surface area contributed by atoms with E-state index in [-0.39, 0.29) is 0 Å². The molecule has 1 aliphatic rings. The number of allylic oxidation sites excluding steroid dienone is 3. The number of hydrogen-bond acceptors (Lipinski definition) is 9. The van der Waals surface area contributed by atoms with Gasteiger partial charge < -0.3 is 40.6 Å². The smallest absolute Gasteiger partial charge is 0.163 e. The molecule has 0 atom stereocenters. The topological polar surface area (TPSA) is 120 Å². The Kier molecular flexibility index (Phi) is 10.3. The second kappa shape index (κ2) is 13.8. The average molecular weight is 521 g/mol. The molecule has 0 spiro atoms. The first-order chi connectivity index (χ1) is 18.5. The van der Waals surface area contributed by atoms with Gasteiger partial charge in [-0.05, 0) is 25.5 Å². The van der Waals surface area contributed by atoms with Crippen molar-refractivity contribution in [3.8, 4) is 0 Å². The van der Waals surface area contributed by atoms with E-state index in [1.54, 1.807) is 20.3 Å². The third-order valence-electron chi connectivity index (χ3n) is 6.37. The Balaban J connectivity index is 0.000000436. The summed E-state index contributed by atoms with van der Waals surface area (Å²) in [7, 11) is 5.03. The maximum absolute atomic E-state index is 6.50. The monoisotopic (exact) mass is 520 g/mol. The Morgan fingerprint density at radius 3 is 2.42 bits per heavy atom. The minimum atomic E-state index is 0.364. The van der Waals surface area contributed by atoms with Gasteiger partial charge in [0.15, 0.2) is 11.6 Å². The first-order valence-corrected chi connectivity index (χ1v) is 12.7. The summed E-state index contributed by atoms with van der Waals surface area (Å²) in [4.78, 5) is 4.73. The van der Waals surface area contributed by atoms with Gasteiger partial charge in [0.1, 0.15) is 17.4 Å². The average Bonchev–Trinajstić information content (AvgIpc) is 3.07. The number of hydrogen-bond donors (Lipinski definition) is 3. The van der Waals surface area contributed by atoms with Crippen molar-refractivity contribution in [2.75, 3.05) is 74.0 Å². The van der Waals surface area contributed by atoms with Crippen molar-refractivity contribution in [2.24, 2.45) is 0 Å². The van der Waals surface area contributed by atoms with Crippen LogP contribution in [0.3, 0.4) is 0 Å². The number of methoxy groups -OCH3 is 2. The van der Waals surface area contributed by atoms with Crippen molar-refractivity contribution in [1.29, 1.82) is 0 Å². The van der Waals surface area contributed by atoms with Gasteiger partial charge in [0, 0.05) is 51.5 Å². The molecule has 0 bridgehead atoms. The van der Waals surface area contributed by atoms with Gasteiger partial charge in [-0.15, -0.1) is 10.2 Å². The van der Waals surface area contributed by atoms with E-state index in [0.717, 1.165) is 55.0 Å². The summed E-state index contributed by atoms with van der Waals surface area (Å²) in [6.07, 6.45) is 8.26. The minimum absolute atomic E-state index is 0.364. The zero-order valence-corrected chi connectivity index (χ0v) is 22.9. The molecule has 1 saturated heterocycles. The number of ether oxygens (including phenoxy) is 2. The van der Waals surface area contributed by atoms with Crippen molar-refractivity contribution < 1.29 is 9.47 Å². The lowest BCUT2D eigenvalue weighted by molar-refractivity contribution is 0.299. The van der Waals surface area contributed by atoms with E-state index in [1.807, 2.05) is 24.6 Å². The van der Waals surface area contributed by atoms with E-state index in [0.29, 0.717) is 23.9 Å². The first kappa shape index (κ1) is 28.2. The SMILES string of the molecule is C/C=C\Cn1c(N)c2c(N)nnc(N3CCCN(c4ccccc4)CC3)c2c1NC.C=C(/C=C/OC)OC. The Morgan fingerprint density at radius 1 is 1.05 bits per heavy atom. The lowest BCUT2D eigenvalue weighted by Crippen LogP contribution is -2.31. The summed E-state index contributed by atoms with van der Waals surface area (Å²) < 4.78 is 11.3. The predicted molar refractivity (Wildman–Crippen MR) is 158 cm³/mol. The summed E-state index contributed by atoms with van der Waals surface area (Å²) in [5.74, 6) is 3.32. The maximum atomic E-state index is 6.50. The molecule has 3 heterocycles. The van der Waals surface area contributed by atoms with Gasteiger partial charge in [-0.1, -0.05) is 36.9 Å². The number of rotatable bonds is 8. The Bertz CT molecular complexity index is 1250. The molecule has 38 heavy (non-hydrogen) atoms. The number of nitrogens with two attached hydrogens (primary N) is 2. The molecule has 0 unspecified atom stereocenters. The van der Waals surface area contributed by atoms with Crippen LogP contribution in [0.1, 0.15) is 13.3 Å². The van der Waals surface area contributed by atoms with Gasteiger partial charge in [0.05, 0.1) is 31.3 Å². The van der Waals surface area contributed by atoms with Crippen LogP contribution in [0.25, 0.3) is 10.8 Å². The molecule has 1 aromatic carbocycles. The molecule has 1 fully saturated rings. The van der Waals surface area contributed by atoms with E-state index < -0.39 is 0 Å². The third-order valence-corrected chi connectivity index (χ3v) is 6.37. The number of nitrogens with zero attached hydrogens (tertiary/aromatic N) is 5. The van der Waals surface area contributed by atoms with Crippen LogP contribution in [0.4, 0.5) is 29.0 Å². The number of nitrogens with one attached hydrogen (secondary N) is 1. The summed E-state index contributed by atoms with van der Waals surface area (Å²) in [6, 6.07) is 10.6. The molecular formula is C28H40N8O2. The molecule has 204 valence electrons. The van der Waals surface area contributed by atoms with E-state index in [9.17, 15) is 0 Å². The van der Waals surface area contributed by atoms with Crippen LogP contribution in [0.5, 0.6) is 0 Å². The number of anilines is 5. The number of aromatic nitrogens is 3. The predicted octanol–water partition coefficient (Wildman–Crippen LogP) is 4.24. The fourth-order valence-electron chi connectivity index (χ4n) is 4.44. The van der Waals surface area contributed by atoms with Crippen molar-refractivity contribution in [3.05, 3.63) is 67.2 Å². The largest absolute Gasteiger partial charge is 0.504 e. The number of para-hydroxylation sites is 1. The molecule has 0 radical (unpaired) electrons. The lowest BCUT2D eigenvalue weighted by Gasteiger charge is -2.24. The minimum Gasteiger partial charge on any atom is -0.504 e. The van der Waals surface area contributed by atoms with Crippen LogP contribution in [-0.4, -0.2) is 62.2 Å². The van der Waals surface area contributed by atoms with Crippen LogP contribution >= 0.6 is 0 Å². The first-order valence-electron chi connectivity index (χ1n) is 12.7. The summed E-state index contributed by atoms with van der Waals surface area (Å²) >= 11 is 0. The normalized spacial score (nSPS) is 13.9. The summed E-state index contributed by atoms with van der Waals surface area (Å²) in [6.45, 7) is 9.86. The fourth-order valence-corrected chi connectivity index (χ4v) is 4.44. The second-order valence-electron chi connectivity index (χ2n) is 8.69. The van der Waals surface area contributed by atoms with Gasteiger partial charge >= 0.3 is 0 Å². The fraction of sp³-hybridized carbons (Fsp3) is 0.357. The van der Waals surface area contributed by atoms with Gasteiger partial charge in [0.25, 0.3) is 0 Å². The van der Waals surface area contributed by atoms with Crippen LogP contribution in [-0.2, 0) is 16.0 Å². The Hall–Kier alpha value is -4.34. The van der Waals surface area contributed by atoms with Gasteiger partial charge in [-0.25, -0.2) is 0 Å². The molecular weight excluding hydrogens is 480 g/mol. The van der Waals surface area contributed by atoms with Crippen molar-refractivity contribution in [2.45, 2.75) is 19.9 Å². The zero-order valence-electron chi connectivity index (χ0n) is 22.9. The zero-order chi connectivity index (χ0) is 27.5. The maximum Gasteiger partial charge on any atom is 0.163 e. The lowest BCUT2D eigenvalue weighted by atomic mass is 10.2. The van der Waals surface area contributed by atoms with Crippen LogP contribution < -0.4 is 26.6 Å². The molecule has 2 aromatic heterocycles. The molecule has 10 nitrogen and oxygen atoms in total. The standard InChI is InChI=1S/C22H30N8.C6H10O2/c1-3-4-13-30-20(24)17-18(21(30)25-2)22(27-26-19(17)23)29-12-8-11-28(14-15-29)16-9-6-5-7-10-16;1-6(8-3)4-5-7-2/h3-7,9-10,25H,8,11-15,24H2,1-2H3,(H2,23,26);4-5H,1H2,2-3H3/b4-3-;5-4+. The highest BCUT2D eigenvalue weighted by Crippen LogP contribution is 2.40. The summed E-state index contributed by atoms with van der Waals surface area (Å²) in [5.41, 5.74) is 14.0. The molecule has 0 amide bonds. The molecule has 10 heteroatoms. The molecule has 1 aliphatic heterocycles. The van der Waals surface area contributed by atoms with Crippen molar-refractivity contribution >= 4 is 39.7 Å². The molecule has 4 rings (SSSR count). The molecule has 0 aliphatic carbocycles. The summed E-state index contributed by atoms with van der Waals surface area (Å²) in [5, 5.41) is 13.8. The molecule has 0 saturated carbocycles. The highest BCUT2D eigenvalue weighted by atomic mass is 16.5. The van der Waals surface area contributed by atoms with Gasteiger partial charge in [-0.3, -0.25) is 0 Å². The van der Waals surface area contributed by atoms with Gasteiger partial charge in [0.2, 0.25) is 0 Å². The third kappa shape index (κ3) is 6.50. The second-order valence-corrected chi connectivity index (χ2v) is 8.69. The van der Waals surface area contributed by atoms with Crippen LogP contribution in [0.2, 0.25) is 0 Å². The highest BCUT2D eigenvalue weighted by molar-refractivity contribution is 6.12. The van der Waals surface area contributed by atoms with Crippen molar-refractivity contribution in [1.82, 2.24) is 14.8 Å². The Labute approximate surface area is 225 Å². The highest BCUT2D eigenvalue weighted by Gasteiger charge is 2.25. The number of nitrogen functional groups attached to an aromatic ring is 2. The van der Waals surface area contributed by atoms with E-state index in [1.165, 1.54) is 11.9 Å². The van der Waals surface area contributed by atoms with E-state index in [4.69, 9.17) is 16.2 Å². The Morgan fingerprint density at radius 2 is 1.76 bits per heavy atom. The van der Waals surface area contributed by atoms with Gasteiger partial charge in [-0.2, -0.15) is 0 Å². The van der Waals surface area contributed by atoms with E-state index >= 15 is 0 Å². The number of fused-ring (bicyclic) bond motifs is 1. The van der Waals surface area contributed by atoms with Crippen molar-refractivity contribution in [3.63, 3.8) is 0 Å². The molecule has 3 aromatic rings. The van der Waals surface area contributed by atoms with Crippen LogP contribution in [0.15, 0.2) is 67.2 Å².